The first kappa shape index (κ1) is 17.0. The lowest BCUT2D eigenvalue weighted by molar-refractivity contribution is -0.131. The number of piperidine rings is 1. The Morgan fingerprint density at radius 1 is 0.920 bits per heavy atom. The molecule has 1 saturated heterocycles. The predicted octanol–water partition coefficient (Wildman–Crippen LogP) is 3.04. The molecule has 3 rings (SSSR count). The Morgan fingerprint density at radius 3 is 2.16 bits per heavy atom. The fraction of sp³-hybridized carbons (Fsp3) is 0.300. The van der Waals surface area contributed by atoms with E-state index in [4.69, 9.17) is 0 Å². The van der Waals surface area contributed by atoms with Crippen LogP contribution in [0.4, 0.5) is 10.5 Å². The van der Waals surface area contributed by atoms with Crippen LogP contribution in [0.3, 0.4) is 0 Å². The molecule has 0 aromatic heterocycles. The van der Waals surface area contributed by atoms with E-state index in [1.165, 1.54) is 0 Å². The number of amides is 3. The van der Waals surface area contributed by atoms with Gasteiger partial charge in [-0.15, -0.1) is 0 Å². The van der Waals surface area contributed by atoms with E-state index in [1.807, 2.05) is 65.6 Å². The molecule has 0 saturated carbocycles. The number of anilines is 1. The zero-order valence-corrected chi connectivity index (χ0v) is 14.2. The molecule has 5 heteroatoms. The molecule has 130 valence electrons. The zero-order chi connectivity index (χ0) is 17.5. The van der Waals surface area contributed by atoms with Crippen molar-refractivity contribution in [2.24, 2.45) is 0 Å². The van der Waals surface area contributed by atoms with Gasteiger partial charge in [-0.3, -0.25) is 4.79 Å². The SMILES string of the molecule is O=C(Nc1ccccc1)NC1CCN(C(=O)Cc2ccccc2)CC1. The van der Waals surface area contributed by atoms with Crippen LogP contribution in [-0.4, -0.2) is 36.0 Å². The van der Waals surface area contributed by atoms with Gasteiger partial charge in [0.25, 0.3) is 0 Å². The van der Waals surface area contributed by atoms with Crippen molar-refractivity contribution in [3.05, 3.63) is 66.2 Å². The zero-order valence-electron chi connectivity index (χ0n) is 14.2. The number of carbonyl (C=O) groups excluding carboxylic acids is 2. The molecule has 2 aromatic rings. The molecule has 5 nitrogen and oxygen atoms in total. The topological polar surface area (TPSA) is 61.4 Å². The van der Waals surface area contributed by atoms with Crippen molar-refractivity contribution in [2.45, 2.75) is 25.3 Å². The first-order valence-electron chi connectivity index (χ1n) is 8.65. The third kappa shape index (κ3) is 5.08. The molecule has 0 aliphatic carbocycles. The normalized spacial score (nSPS) is 14.8. The first-order valence-corrected chi connectivity index (χ1v) is 8.65. The van der Waals surface area contributed by atoms with E-state index >= 15 is 0 Å². The Balaban J connectivity index is 1.42. The van der Waals surface area contributed by atoms with Crippen molar-refractivity contribution >= 4 is 17.6 Å². The summed E-state index contributed by atoms with van der Waals surface area (Å²) in [4.78, 5) is 26.3. The molecule has 2 aromatic carbocycles. The maximum absolute atomic E-state index is 12.4. The average molecular weight is 337 g/mol. The number of urea groups is 1. The lowest BCUT2D eigenvalue weighted by atomic mass is 10.0. The molecule has 0 atom stereocenters. The fourth-order valence-electron chi connectivity index (χ4n) is 3.03. The van der Waals surface area contributed by atoms with Crippen molar-refractivity contribution in [1.82, 2.24) is 10.2 Å². The first-order chi connectivity index (χ1) is 12.2. The van der Waals surface area contributed by atoms with Crippen molar-refractivity contribution in [3.63, 3.8) is 0 Å². The van der Waals surface area contributed by atoms with Crippen LogP contribution < -0.4 is 10.6 Å². The molecule has 1 aliphatic heterocycles. The van der Waals surface area contributed by atoms with Gasteiger partial charge < -0.3 is 15.5 Å². The molecule has 1 aliphatic rings. The van der Waals surface area contributed by atoms with Gasteiger partial charge in [0.05, 0.1) is 6.42 Å². The van der Waals surface area contributed by atoms with E-state index in [0.29, 0.717) is 19.5 Å². The highest BCUT2D eigenvalue weighted by atomic mass is 16.2. The molecule has 0 unspecified atom stereocenters. The van der Waals surface area contributed by atoms with Crippen LogP contribution in [0.1, 0.15) is 18.4 Å². The number of nitrogens with zero attached hydrogens (tertiary/aromatic N) is 1. The second-order valence-corrected chi connectivity index (χ2v) is 6.28. The van der Waals surface area contributed by atoms with Crippen molar-refractivity contribution in [1.29, 1.82) is 0 Å². The molecular formula is C20H23N3O2. The van der Waals surface area contributed by atoms with E-state index in [0.717, 1.165) is 24.1 Å². The number of para-hydroxylation sites is 1. The van der Waals surface area contributed by atoms with Crippen LogP contribution in [0.5, 0.6) is 0 Å². The molecule has 3 amide bonds. The third-order valence-corrected chi connectivity index (χ3v) is 4.41. The standard InChI is InChI=1S/C20H23N3O2/c24-19(15-16-7-3-1-4-8-16)23-13-11-18(12-14-23)22-20(25)21-17-9-5-2-6-10-17/h1-10,18H,11-15H2,(H2,21,22,25). The number of benzene rings is 2. The number of likely N-dealkylation sites (tertiary alicyclic amines) is 1. The second-order valence-electron chi connectivity index (χ2n) is 6.28. The van der Waals surface area contributed by atoms with E-state index in [-0.39, 0.29) is 18.0 Å². The minimum absolute atomic E-state index is 0.101. The average Bonchev–Trinajstić information content (AvgIpc) is 2.64. The summed E-state index contributed by atoms with van der Waals surface area (Å²) >= 11 is 0. The summed E-state index contributed by atoms with van der Waals surface area (Å²) in [5.41, 5.74) is 1.81. The summed E-state index contributed by atoms with van der Waals surface area (Å²) < 4.78 is 0. The van der Waals surface area contributed by atoms with Crippen LogP contribution in [0.2, 0.25) is 0 Å². The summed E-state index contributed by atoms with van der Waals surface area (Å²) in [5.74, 6) is 0.151. The van der Waals surface area contributed by atoms with Crippen molar-refractivity contribution in [2.75, 3.05) is 18.4 Å². The molecule has 0 radical (unpaired) electrons. The van der Waals surface area contributed by atoms with Crippen LogP contribution in [-0.2, 0) is 11.2 Å². The summed E-state index contributed by atoms with van der Waals surface area (Å²) in [6.07, 6.45) is 2.00. The number of hydrogen-bond donors (Lipinski definition) is 2. The second kappa shape index (κ2) is 8.33. The smallest absolute Gasteiger partial charge is 0.319 e. The lowest BCUT2D eigenvalue weighted by Gasteiger charge is -2.32. The Bertz CT molecular complexity index is 695. The summed E-state index contributed by atoms with van der Waals surface area (Å²) in [6, 6.07) is 19.1. The molecule has 0 spiro atoms. The summed E-state index contributed by atoms with van der Waals surface area (Å²) in [5, 5.41) is 5.81. The van der Waals surface area contributed by atoms with Gasteiger partial charge in [-0.1, -0.05) is 48.5 Å². The third-order valence-electron chi connectivity index (χ3n) is 4.41. The highest BCUT2D eigenvalue weighted by Crippen LogP contribution is 2.13. The number of rotatable bonds is 4. The maximum Gasteiger partial charge on any atom is 0.319 e. The van der Waals surface area contributed by atoms with Gasteiger partial charge in [0.2, 0.25) is 5.91 Å². The number of nitrogens with one attached hydrogen (secondary N) is 2. The monoisotopic (exact) mass is 337 g/mol. The summed E-state index contributed by atoms with van der Waals surface area (Å²) in [6.45, 7) is 1.36. The van der Waals surface area contributed by atoms with Crippen molar-refractivity contribution < 1.29 is 9.59 Å². The van der Waals surface area contributed by atoms with Crippen LogP contribution in [0.25, 0.3) is 0 Å². The highest BCUT2D eigenvalue weighted by Gasteiger charge is 2.23. The molecule has 1 fully saturated rings. The van der Waals surface area contributed by atoms with Gasteiger partial charge in [0.15, 0.2) is 0 Å². The fourth-order valence-corrected chi connectivity index (χ4v) is 3.03. The van der Waals surface area contributed by atoms with E-state index < -0.39 is 0 Å². The van der Waals surface area contributed by atoms with E-state index in [9.17, 15) is 9.59 Å². The summed E-state index contributed by atoms with van der Waals surface area (Å²) in [7, 11) is 0. The Labute approximate surface area is 148 Å². The predicted molar refractivity (Wildman–Crippen MR) is 98.3 cm³/mol. The van der Waals surface area contributed by atoms with Crippen LogP contribution in [0.15, 0.2) is 60.7 Å². The lowest BCUT2D eigenvalue weighted by Crippen LogP contribution is -2.47. The molecule has 25 heavy (non-hydrogen) atoms. The van der Waals surface area contributed by atoms with E-state index in [2.05, 4.69) is 10.6 Å². The van der Waals surface area contributed by atoms with Gasteiger partial charge in [0.1, 0.15) is 0 Å². The molecular weight excluding hydrogens is 314 g/mol. The van der Waals surface area contributed by atoms with Crippen LogP contribution >= 0.6 is 0 Å². The Kier molecular flexibility index (Phi) is 5.67. The van der Waals surface area contributed by atoms with Gasteiger partial charge >= 0.3 is 6.03 Å². The van der Waals surface area contributed by atoms with E-state index in [1.54, 1.807) is 0 Å². The minimum Gasteiger partial charge on any atom is -0.342 e. The maximum atomic E-state index is 12.4. The van der Waals surface area contributed by atoms with Crippen LogP contribution in [0, 0.1) is 0 Å². The Morgan fingerprint density at radius 2 is 1.52 bits per heavy atom. The quantitative estimate of drug-likeness (QED) is 0.901. The highest BCUT2D eigenvalue weighted by molar-refractivity contribution is 5.89. The van der Waals surface area contributed by atoms with Crippen molar-refractivity contribution in [3.8, 4) is 0 Å². The minimum atomic E-state index is -0.194. The molecule has 2 N–H and O–H groups in total. The number of carbonyl (C=O) groups is 2. The largest absolute Gasteiger partial charge is 0.342 e. The number of hydrogen-bond acceptors (Lipinski definition) is 2. The van der Waals surface area contributed by atoms with Gasteiger partial charge in [-0.2, -0.15) is 0 Å². The van der Waals surface area contributed by atoms with Gasteiger partial charge in [-0.25, -0.2) is 4.79 Å². The van der Waals surface area contributed by atoms with Gasteiger partial charge in [-0.05, 0) is 30.5 Å². The molecule has 1 heterocycles. The molecule has 0 bridgehead atoms. The Hall–Kier alpha value is -2.82. The van der Waals surface area contributed by atoms with Gasteiger partial charge in [0, 0.05) is 24.8 Å².